The molecule has 1 N–H and O–H groups in total. The lowest BCUT2D eigenvalue weighted by atomic mass is 10.1. The summed E-state index contributed by atoms with van der Waals surface area (Å²) in [5.41, 5.74) is 0.643. The van der Waals surface area contributed by atoms with Crippen molar-refractivity contribution >= 4 is 6.41 Å². The number of hydrogen-bond donors (Lipinski definition) is 1. The van der Waals surface area contributed by atoms with Gasteiger partial charge in [0.2, 0.25) is 0 Å². The number of rotatable bonds is 5. The minimum Gasteiger partial charge on any atom is -0.406 e. The van der Waals surface area contributed by atoms with Gasteiger partial charge < -0.3 is 10.1 Å². The third kappa shape index (κ3) is 4.68. The van der Waals surface area contributed by atoms with Crippen LogP contribution in [0.3, 0.4) is 0 Å². The molecule has 0 aliphatic rings. The molecular formula is C10H9F3NO2. The minimum absolute atomic E-state index is 0.264. The molecule has 16 heavy (non-hydrogen) atoms. The Morgan fingerprint density at radius 1 is 1.38 bits per heavy atom. The molecule has 0 saturated heterocycles. The number of amides is 1. The van der Waals surface area contributed by atoms with E-state index >= 15 is 0 Å². The molecule has 1 rings (SSSR count). The van der Waals surface area contributed by atoms with E-state index in [2.05, 4.69) is 10.1 Å². The number of alkyl halides is 3. The third-order valence-electron chi connectivity index (χ3n) is 1.74. The van der Waals surface area contributed by atoms with Crippen LogP contribution in [-0.4, -0.2) is 19.3 Å². The van der Waals surface area contributed by atoms with E-state index in [0.717, 1.165) is 0 Å². The van der Waals surface area contributed by atoms with Crippen molar-refractivity contribution in [3.05, 3.63) is 29.8 Å². The van der Waals surface area contributed by atoms with Crippen molar-refractivity contribution in [2.75, 3.05) is 6.54 Å². The highest BCUT2D eigenvalue weighted by molar-refractivity contribution is 5.47. The Balaban J connectivity index is 2.60. The van der Waals surface area contributed by atoms with Gasteiger partial charge in [-0.3, -0.25) is 4.79 Å². The SMILES string of the molecule is O=[C]NCCc1cccc(OC(F)(F)F)c1. The van der Waals surface area contributed by atoms with Gasteiger partial charge in [0.1, 0.15) is 5.75 Å². The zero-order chi connectivity index (χ0) is 12.0. The van der Waals surface area contributed by atoms with E-state index in [4.69, 9.17) is 0 Å². The second kappa shape index (κ2) is 5.39. The summed E-state index contributed by atoms with van der Waals surface area (Å²) in [5.74, 6) is -0.264. The Morgan fingerprint density at radius 2 is 2.12 bits per heavy atom. The predicted octanol–water partition coefficient (Wildman–Crippen LogP) is 1.78. The van der Waals surface area contributed by atoms with Crippen LogP contribution in [0.5, 0.6) is 5.75 Å². The van der Waals surface area contributed by atoms with Gasteiger partial charge in [-0.25, -0.2) is 0 Å². The first-order valence-electron chi connectivity index (χ1n) is 4.46. The molecule has 1 aromatic carbocycles. The number of hydrogen-bond acceptors (Lipinski definition) is 2. The maximum absolute atomic E-state index is 11.9. The fraction of sp³-hybridized carbons (Fsp3) is 0.300. The molecule has 6 heteroatoms. The fourth-order valence-electron chi connectivity index (χ4n) is 1.16. The number of halogens is 3. The fourth-order valence-corrected chi connectivity index (χ4v) is 1.16. The van der Waals surface area contributed by atoms with E-state index in [9.17, 15) is 18.0 Å². The summed E-state index contributed by atoms with van der Waals surface area (Å²) in [5, 5.41) is 2.30. The zero-order valence-electron chi connectivity index (χ0n) is 8.17. The molecule has 0 aromatic heterocycles. The van der Waals surface area contributed by atoms with Crippen LogP contribution < -0.4 is 10.1 Å². The second-order valence-corrected chi connectivity index (χ2v) is 2.97. The van der Waals surface area contributed by atoms with Crippen molar-refractivity contribution in [2.24, 2.45) is 0 Å². The van der Waals surface area contributed by atoms with Crippen molar-refractivity contribution < 1.29 is 22.7 Å². The van der Waals surface area contributed by atoms with E-state index in [1.54, 1.807) is 6.07 Å². The lowest BCUT2D eigenvalue weighted by Gasteiger charge is -2.09. The maximum Gasteiger partial charge on any atom is 0.573 e. The van der Waals surface area contributed by atoms with E-state index in [1.165, 1.54) is 24.6 Å². The average Bonchev–Trinajstić information content (AvgIpc) is 2.16. The van der Waals surface area contributed by atoms with E-state index in [1.807, 2.05) is 0 Å². The highest BCUT2D eigenvalue weighted by Crippen LogP contribution is 2.23. The smallest absolute Gasteiger partial charge is 0.406 e. The number of nitrogens with one attached hydrogen (secondary N) is 1. The molecular weight excluding hydrogens is 223 g/mol. The average molecular weight is 232 g/mol. The first-order chi connectivity index (χ1) is 7.51. The van der Waals surface area contributed by atoms with Gasteiger partial charge in [-0.15, -0.1) is 13.2 Å². The number of benzene rings is 1. The lowest BCUT2D eigenvalue weighted by molar-refractivity contribution is -0.274. The van der Waals surface area contributed by atoms with Crippen molar-refractivity contribution in [3.8, 4) is 5.75 Å². The van der Waals surface area contributed by atoms with E-state index in [-0.39, 0.29) is 5.75 Å². The lowest BCUT2D eigenvalue weighted by Crippen LogP contribution is -2.17. The van der Waals surface area contributed by atoms with Crippen molar-refractivity contribution in [2.45, 2.75) is 12.8 Å². The van der Waals surface area contributed by atoms with Gasteiger partial charge in [0.25, 0.3) is 0 Å². The van der Waals surface area contributed by atoms with Crippen LogP contribution in [0.2, 0.25) is 0 Å². The molecule has 3 nitrogen and oxygen atoms in total. The summed E-state index contributed by atoms with van der Waals surface area (Å²) in [4.78, 5) is 9.84. The molecule has 0 unspecified atom stereocenters. The molecule has 0 saturated carbocycles. The zero-order valence-corrected chi connectivity index (χ0v) is 8.17. The summed E-state index contributed by atoms with van der Waals surface area (Å²) in [6, 6.07) is 5.60. The highest BCUT2D eigenvalue weighted by Gasteiger charge is 2.30. The van der Waals surface area contributed by atoms with Gasteiger partial charge in [-0.05, 0) is 24.1 Å². The first-order valence-corrected chi connectivity index (χ1v) is 4.46. The van der Waals surface area contributed by atoms with Gasteiger partial charge in [0.15, 0.2) is 0 Å². The van der Waals surface area contributed by atoms with Crippen molar-refractivity contribution in [3.63, 3.8) is 0 Å². The van der Waals surface area contributed by atoms with Gasteiger partial charge >= 0.3 is 12.8 Å². The molecule has 87 valence electrons. The van der Waals surface area contributed by atoms with Gasteiger partial charge in [0, 0.05) is 6.54 Å². The molecule has 0 heterocycles. The van der Waals surface area contributed by atoms with Crippen molar-refractivity contribution in [1.82, 2.24) is 5.32 Å². The van der Waals surface area contributed by atoms with E-state index < -0.39 is 6.36 Å². The number of carbonyl (C=O) groups excluding carboxylic acids is 1. The quantitative estimate of drug-likeness (QED) is 0.620. The molecule has 0 fully saturated rings. The Hall–Kier alpha value is -1.72. The van der Waals surface area contributed by atoms with Crippen LogP contribution in [0, 0.1) is 0 Å². The number of ether oxygens (including phenoxy) is 1. The molecule has 0 spiro atoms. The monoisotopic (exact) mass is 232 g/mol. The molecule has 1 amide bonds. The maximum atomic E-state index is 11.9. The molecule has 1 radical (unpaired) electrons. The Kier molecular flexibility index (Phi) is 4.16. The molecule has 0 aliphatic carbocycles. The second-order valence-electron chi connectivity index (χ2n) is 2.97. The van der Waals surface area contributed by atoms with E-state index in [0.29, 0.717) is 18.5 Å². The molecule has 0 bridgehead atoms. The van der Waals surface area contributed by atoms with Gasteiger partial charge in [0.05, 0.1) is 0 Å². The highest BCUT2D eigenvalue weighted by atomic mass is 19.4. The normalized spacial score (nSPS) is 10.9. The standard InChI is InChI=1S/C10H9F3NO2/c11-10(12,13)16-9-3-1-2-8(6-9)4-5-14-7-15/h1-3,6H,4-5H2,(H,14,15). The Bertz CT molecular complexity index is 352. The minimum atomic E-state index is -4.69. The summed E-state index contributed by atoms with van der Waals surface area (Å²) < 4.78 is 39.4. The largest absolute Gasteiger partial charge is 0.573 e. The third-order valence-corrected chi connectivity index (χ3v) is 1.74. The Labute approximate surface area is 90.2 Å². The van der Waals surface area contributed by atoms with Crippen molar-refractivity contribution in [1.29, 1.82) is 0 Å². The van der Waals surface area contributed by atoms with Crippen LogP contribution in [0.15, 0.2) is 24.3 Å². The van der Waals surface area contributed by atoms with Crippen LogP contribution in [0.1, 0.15) is 5.56 Å². The molecule has 0 atom stereocenters. The summed E-state index contributed by atoms with van der Waals surface area (Å²) in [7, 11) is 0. The van der Waals surface area contributed by atoms with Crippen LogP contribution >= 0.6 is 0 Å². The predicted molar refractivity (Wildman–Crippen MR) is 50.5 cm³/mol. The molecule has 1 aromatic rings. The van der Waals surface area contributed by atoms with Gasteiger partial charge in [-0.2, -0.15) is 0 Å². The Morgan fingerprint density at radius 3 is 2.75 bits per heavy atom. The first kappa shape index (κ1) is 12.4. The molecule has 0 aliphatic heterocycles. The summed E-state index contributed by atoms with van der Waals surface area (Å²) in [6.07, 6.45) is -2.79. The van der Waals surface area contributed by atoms with Crippen LogP contribution in [-0.2, 0) is 11.2 Å². The topological polar surface area (TPSA) is 38.3 Å². The summed E-state index contributed by atoms with van der Waals surface area (Å²) in [6.45, 7) is 0.318. The van der Waals surface area contributed by atoms with Crippen LogP contribution in [0.4, 0.5) is 13.2 Å². The summed E-state index contributed by atoms with van der Waals surface area (Å²) >= 11 is 0. The van der Waals surface area contributed by atoms with Crippen LogP contribution in [0.25, 0.3) is 0 Å². The van der Waals surface area contributed by atoms with Gasteiger partial charge in [-0.1, -0.05) is 12.1 Å².